The van der Waals surface area contributed by atoms with Gasteiger partial charge in [0.25, 0.3) is 11.8 Å². The van der Waals surface area contributed by atoms with E-state index in [2.05, 4.69) is 9.97 Å². The van der Waals surface area contributed by atoms with Crippen LogP contribution in [-0.2, 0) is 0 Å². The molecule has 2 amide bonds. The number of aryl methyl sites for hydroxylation is 3. The second-order valence-electron chi connectivity index (χ2n) is 6.69. The summed E-state index contributed by atoms with van der Waals surface area (Å²) in [5.41, 5.74) is 2.38. The molecule has 0 N–H and O–H groups in total. The van der Waals surface area contributed by atoms with Gasteiger partial charge in [-0.3, -0.25) is 9.59 Å². The minimum absolute atomic E-state index is 0.00274. The van der Waals surface area contributed by atoms with Gasteiger partial charge in [-0.05, 0) is 32.4 Å². The second-order valence-corrected chi connectivity index (χ2v) is 7.69. The van der Waals surface area contributed by atoms with Gasteiger partial charge in [0.05, 0.1) is 16.7 Å². The molecule has 140 valence electrons. The molecule has 0 unspecified atom stereocenters. The van der Waals surface area contributed by atoms with Crippen LogP contribution in [0.5, 0.6) is 0 Å². The molecule has 3 aromatic heterocycles. The molecule has 1 aliphatic heterocycles. The van der Waals surface area contributed by atoms with E-state index in [1.54, 1.807) is 11.0 Å². The van der Waals surface area contributed by atoms with Crippen molar-refractivity contribution in [3.63, 3.8) is 0 Å². The van der Waals surface area contributed by atoms with Crippen LogP contribution in [0.25, 0.3) is 10.2 Å². The highest BCUT2D eigenvalue weighted by Crippen LogP contribution is 2.32. The lowest BCUT2D eigenvalue weighted by atomic mass is 10.1. The Bertz CT molecular complexity index is 1020. The summed E-state index contributed by atoms with van der Waals surface area (Å²) in [6.07, 6.45) is 2.94. The molecule has 8 heteroatoms. The van der Waals surface area contributed by atoms with E-state index >= 15 is 0 Å². The molecule has 0 radical (unpaired) electrons. The molecule has 1 aliphatic rings. The minimum Gasteiger partial charge on any atom is -0.472 e. The molecule has 0 bridgehead atoms. The number of amides is 2. The van der Waals surface area contributed by atoms with Crippen molar-refractivity contribution in [1.29, 1.82) is 0 Å². The Morgan fingerprint density at radius 1 is 1.04 bits per heavy atom. The molecule has 4 rings (SSSR count). The quantitative estimate of drug-likeness (QED) is 0.679. The number of aromatic nitrogens is 2. The van der Waals surface area contributed by atoms with E-state index in [9.17, 15) is 9.59 Å². The fourth-order valence-electron chi connectivity index (χ4n) is 3.50. The van der Waals surface area contributed by atoms with Crippen molar-refractivity contribution >= 4 is 33.4 Å². The number of hydrogen-bond donors (Lipinski definition) is 0. The maximum atomic E-state index is 13.1. The predicted octanol–water partition coefficient (Wildman–Crippen LogP) is 2.81. The van der Waals surface area contributed by atoms with E-state index in [4.69, 9.17) is 4.42 Å². The SMILES string of the molecule is Cc1nc(C)c2c(C)c(C(=O)N3CCN(C(=O)c4ccoc4)CC3)sc2n1. The Hall–Kier alpha value is -2.74. The second kappa shape index (κ2) is 6.77. The Morgan fingerprint density at radius 2 is 1.70 bits per heavy atom. The Balaban J connectivity index is 1.51. The number of carbonyl (C=O) groups excluding carboxylic acids is 2. The molecule has 0 spiro atoms. The van der Waals surface area contributed by atoms with Gasteiger partial charge in [0.1, 0.15) is 16.9 Å². The van der Waals surface area contributed by atoms with Crippen LogP contribution in [0.2, 0.25) is 0 Å². The third-order valence-corrected chi connectivity index (χ3v) is 6.07. The van der Waals surface area contributed by atoms with Crippen LogP contribution in [0, 0.1) is 20.8 Å². The number of nitrogens with zero attached hydrogens (tertiary/aromatic N) is 4. The zero-order valence-electron chi connectivity index (χ0n) is 15.5. The van der Waals surface area contributed by atoms with Crippen LogP contribution in [0.15, 0.2) is 23.0 Å². The first-order valence-corrected chi connectivity index (χ1v) is 9.62. The van der Waals surface area contributed by atoms with Crippen LogP contribution >= 0.6 is 11.3 Å². The minimum atomic E-state index is -0.0599. The van der Waals surface area contributed by atoms with Gasteiger partial charge in [0.2, 0.25) is 0 Å². The highest BCUT2D eigenvalue weighted by molar-refractivity contribution is 7.20. The van der Waals surface area contributed by atoms with E-state index in [-0.39, 0.29) is 11.8 Å². The van der Waals surface area contributed by atoms with Gasteiger partial charge in [0.15, 0.2) is 0 Å². The molecule has 27 heavy (non-hydrogen) atoms. The van der Waals surface area contributed by atoms with E-state index in [1.165, 1.54) is 23.9 Å². The van der Waals surface area contributed by atoms with Crippen molar-refractivity contribution in [3.05, 3.63) is 46.1 Å². The summed E-state index contributed by atoms with van der Waals surface area (Å²) in [5.74, 6) is 0.657. The van der Waals surface area contributed by atoms with E-state index in [0.717, 1.165) is 21.5 Å². The van der Waals surface area contributed by atoms with Gasteiger partial charge in [-0.2, -0.15) is 0 Å². The summed E-state index contributed by atoms with van der Waals surface area (Å²) < 4.78 is 4.98. The summed E-state index contributed by atoms with van der Waals surface area (Å²) in [4.78, 5) is 39.5. The van der Waals surface area contributed by atoms with E-state index in [0.29, 0.717) is 42.4 Å². The number of carbonyl (C=O) groups is 2. The largest absolute Gasteiger partial charge is 0.472 e. The van der Waals surface area contributed by atoms with Crippen molar-refractivity contribution in [2.24, 2.45) is 0 Å². The average Bonchev–Trinajstić information content (AvgIpc) is 3.29. The first-order chi connectivity index (χ1) is 13.0. The highest BCUT2D eigenvalue weighted by atomic mass is 32.1. The van der Waals surface area contributed by atoms with Gasteiger partial charge in [-0.25, -0.2) is 9.97 Å². The van der Waals surface area contributed by atoms with Gasteiger partial charge >= 0.3 is 0 Å². The summed E-state index contributed by atoms with van der Waals surface area (Å²) >= 11 is 1.42. The number of fused-ring (bicyclic) bond motifs is 1. The van der Waals surface area contributed by atoms with Crippen molar-refractivity contribution in [1.82, 2.24) is 19.8 Å². The standard InChI is InChI=1S/C19H20N4O3S/c1-11-15-12(2)20-13(3)21-17(15)27-16(11)19(25)23-7-5-22(6-8-23)18(24)14-4-9-26-10-14/h4,9-10H,5-8H2,1-3H3. The van der Waals surface area contributed by atoms with Crippen LogP contribution < -0.4 is 0 Å². The Labute approximate surface area is 160 Å². The van der Waals surface area contributed by atoms with Crippen LogP contribution in [-0.4, -0.2) is 57.8 Å². The highest BCUT2D eigenvalue weighted by Gasteiger charge is 2.28. The number of piperazine rings is 1. The fourth-order valence-corrected chi connectivity index (χ4v) is 4.75. The molecule has 0 saturated carbocycles. The zero-order chi connectivity index (χ0) is 19.1. The third-order valence-electron chi connectivity index (χ3n) is 4.90. The summed E-state index contributed by atoms with van der Waals surface area (Å²) in [6.45, 7) is 7.82. The maximum absolute atomic E-state index is 13.1. The van der Waals surface area contributed by atoms with E-state index < -0.39 is 0 Å². The average molecular weight is 384 g/mol. The molecule has 4 heterocycles. The van der Waals surface area contributed by atoms with Crippen molar-refractivity contribution < 1.29 is 14.0 Å². The van der Waals surface area contributed by atoms with Gasteiger partial charge in [-0.15, -0.1) is 11.3 Å². The lowest BCUT2D eigenvalue weighted by Crippen LogP contribution is -2.50. The summed E-state index contributed by atoms with van der Waals surface area (Å²) in [5, 5.41) is 0.975. The first kappa shape index (κ1) is 17.7. The van der Waals surface area contributed by atoms with Crippen LogP contribution in [0.3, 0.4) is 0 Å². The number of furan rings is 1. The number of hydrogen-bond acceptors (Lipinski definition) is 6. The smallest absolute Gasteiger partial charge is 0.264 e. The lowest BCUT2D eigenvalue weighted by Gasteiger charge is -2.34. The van der Waals surface area contributed by atoms with Crippen LogP contribution in [0.1, 0.15) is 37.1 Å². The Morgan fingerprint density at radius 3 is 2.33 bits per heavy atom. The third kappa shape index (κ3) is 3.10. The van der Waals surface area contributed by atoms with E-state index in [1.807, 2.05) is 25.7 Å². The van der Waals surface area contributed by atoms with Crippen molar-refractivity contribution in [2.75, 3.05) is 26.2 Å². The number of thiophene rings is 1. The van der Waals surface area contributed by atoms with Gasteiger partial charge in [0, 0.05) is 37.3 Å². The lowest BCUT2D eigenvalue weighted by molar-refractivity contribution is 0.0537. The topological polar surface area (TPSA) is 79.5 Å². The van der Waals surface area contributed by atoms with Crippen molar-refractivity contribution in [2.45, 2.75) is 20.8 Å². The Kier molecular flexibility index (Phi) is 4.43. The van der Waals surface area contributed by atoms with Gasteiger partial charge < -0.3 is 14.2 Å². The molecular formula is C19H20N4O3S. The van der Waals surface area contributed by atoms with Gasteiger partial charge in [-0.1, -0.05) is 0 Å². The monoisotopic (exact) mass is 384 g/mol. The summed E-state index contributed by atoms with van der Waals surface area (Å²) in [6, 6.07) is 1.66. The molecule has 1 fully saturated rings. The fraction of sp³-hybridized carbons (Fsp3) is 0.368. The molecule has 0 atom stereocenters. The maximum Gasteiger partial charge on any atom is 0.264 e. The molecule has 0 aromatic carbocycles. The van der Waals surface area contributed by atoms with Crippen molar-refractivity contribution in [3.8, 4) is 0 Å². The normalized spacial score (nSPS) is 14.8. The first-order valence-electron chi connectivity index (χ1n) is 8.81. The molecule has 7 nitrogen and oxygen atoms in total. The molecule has 0 aliphatic carbocycles. The predicted molar refractivity (Wildman–Crippen MR) is 102 cm³/mol. The molecule has 3 aromatic rings. The van der Waals surface area contributed by atoms with Crippen LogP contribution in [0.4, 0.5) is 0 Å². The zero-order valence-corrected chi connectivity index (χ0v) is 16.3. The molecular weight excluding hydrogens is 364 g/mol. The number of rotatable bonds is 2. The summed E-state index contributed by atoms with van der Waals surface area (Å²) in [7, 11) is 0. The molecule has 1 saturated heterocycles.